The minimum Gasteiger partial charge on any atom is -0.494 e. The van der Waals surface area contributed by atoms with Crippen LogP contribution >= 0.6 is 0 Å². The van der Waals surface area contributed by atoms with Gasteiger partial charge >= 0.3 is 6.09 Å². The van der Waals surface area contributed by atoms with E-state index in [0.29, 0.717) is 17.5 Å². The number of ether oxygens (including phenoxy) is 2. The summed E-state index contributed by atoms with van der Waals surface area (Å²) in [5.41, 5.74) is 1.87. The number of aromatic nitrogens is 2. The summed E-state index contributed by atoms with van der Waals surface area (Å²) >= 11 is 0. The third-order valence-corrected chi connectivity index (χ3v) is 6.10. The number of aryl methyl sites for hydroxylation is 1. The molecule has 1 aliphatic carbocycles. The summed E-state index contributed by atoms with van der Waals surface area (Å²) in [4.78, 5) is 34.4. The van der Waals surface area contributed by atoms with Gasteiger partial charge in [0.2, 0.25) is 5.91 Å². The molecule has 8 heteroatoms. The zero-order chi connectivity index (χ0) is 24.9. The molecule has 2 amide bonds. The molecule has 2 heterocycles. The molecule has 2 aromatic rings. The number of nitrogens with one attached hydrogen (secondary N) is 2. The molecule has 0 aliphatic heterocycles. The van der Waals surface area contributed by atoms with Gasteiger partial charge in [0.15, 0.2) is 0 Å². The predicted molar refractivity (Wildman–Crippen MR) is 132 cm³/mol. The SMILES string of the molecule is COc1c(-c2ccc(NC(=O)[C@@H](NC(=O)OC(C)(C)C)C3CCC(C)CC3)nc2)ccnc1C. The molecular weight excluding hydrogens is 432 g/mol. The molecule has 34 heavy (non-hydrogen) atoms. The molecule has 1 fully saturated rings. The number of anilines is 1. The van der Waals surface area contributed by atoms with E-state index in [0.717, 1.165) is 42.5 Å². The maximum Gasteiger partial charge on any atom is 0.408 e. The van der Waals surface area contributed by atoms with Crippen LogP contribution in [0.5, 0.6) is 5.75 Å². The monoisotopic (exact) mass is 468 g/mol. The van der Waals surface area contributed by atoms with Crippen LogP contribution in [-0.4, -0.2) is 40.7 Å². The highest BCUT2D eigenvalue weighted by Crippen LogP contribution is 2.32. The van der Waals surface area contributed by atoms with E-state index in [1.807, 2.05) is 19.1 Å². The minimum absolute atomic E-state index is 0.0482. The lowest BCUT2D eigenvalue weighted by Crippen LogP contribution is -2.50. The summed E-state index contributed by atoms with van der Waals surface area (Å²) in [7, 11) is 1.61. The van der Waals surface area contributed by atoms with Gasteiger partial charge in [-0.05, 0) is 70.6 Å². The van der Waals surface area contributed by atoms with Crippen LogP contribution in [0.1, 0.15) is 59.1 Å². The van der Waals surface area contributed by atoms with E-state index in [9.17, 15) is 9.59 Å². The summed E-state index contributed by atoms with van der Waals surface area (Å²) < 4.78 is 10.9. The smallest absolute Gasteiger partial charge is 0.408 e. The Morgan fingerprint density at radius 2 is 1.79 bits per heavy atom. The number of methoxy groups -OCH3 is 1. The van der Waals surface area contributed by atoms with E-state index in [1.54, 1.807) is 46.3 Å². The Labute approximate surface area is 201 Å². The van der Waals surface area contributed by atoms with E-state index in [2.05, 4.69) is 27.5 Å². The third-order valence-electron chi connectivity index (χ3n) is 6.10. The second-order valence-electron chi connectivity index (χ2n) is 10.0. The van der Waals surface area contributed by atoms with Crippen molar-refractivity contribution in [3.05, 3.63) is 36.3 Å². The van der Waals surface area contributed by atoms with Crippen LogP contribution in [0.25, 0.3) is 11.1 Å². The fourth-order valence-electron chi connectivity index (χ4n) is 4.32. The number of alkyl carbamates (subject to hydrolysis) is 1. The summed E-state index contributed by atoms with van der Waals surface area (Å²) in [5.74, 6) is 1.49. The molecule has 0 aromatic carbocycles. The normalized spacial score (nSPS) is 19.1. The van der Waals surface area contributed by atoms with Crippen LogP contribution < -0.4 is 15.4 Å². The molecule has 0 bridgehead atoms. The molecule has 1 saturated carbocycles. The van der Waals surface area contributed by atoms with Gasteiger partial charge in [0.25, 0.3) is 0 Å². The zero-order valence-corrected chi connectivity index (χ0v) is 21.0. The first-order valence-corrected chi connectivity index (χ1v) is 11.8. The highest BCUT2D eigenvalue weighted by atomic mass is 16.6. The highest BCUT2D eigenvalue weighted by Gasteiger charge is 2.34. The van der Waals surface area contributed by atoms with Crippen molar-refractivity contribution in [2.24, 2.45) is 11.8 Å². The summed E-state index contributed by atoms with van der Waals surface area (Å²) in [5, 5.41) is 5.69. The van der Waals surface area contributed by atoms with E-state index >= 15 is 0 Å². The van der Waals surface area contributed by atoms with Crippen LogP contribution in [0.2, 0.25) is 0 Å². The maximum atomic E-state index is 13.2. The van der Waals surface area contributed by atoms with Crippen molar-refractivity contribution < 1.29 is 19.1 Å². The molecule has 2 aromatic heterocycles. The largest absolute Gasteiger partial charge is 0.494 e. The summed E-state index contributed by atoms with van der Waals surface area (Å²) in [6.45, 7) is 9.50. The van der Waals surface area contributed by atoms with Gasteiger partial charge in [0.05, 0.1) is 12.8 Å². The Morgan fingerprint density at radius 1 is 1.09 bits per heavy atom. The van der Waals surface area contributed by atoms with Crippen LogP contribution in [0.4, 0.5) is 10.6 Å². The molecule has 1 aliphatic rings. The maximum absolute atomic E-state index is 13.2. The average molecular weight is 469 g/mol. The molecule has 1 atom stereocenters. The van der Waals surface area contributed by atoms with Gasteiger partial charge in [-0.2, -0.15) is 0 Å². The number of hydrogen-bond acceptors (Lipinski definition) is 6. The molecular formula is C26H36N4O4. The van der Waals surface area contributed by atoms with Crippen molar-refractivity contribution in [3.63, 3.8) is 0 Å². The van der Waals surface area contributed by atoms with E-state index in [1.165, 1.54) is 0 Å². The molecule has 2 N–H and O–H groups in total. The Hall–Kier alpha value is -3.16. The lowest BCUT2D eigenvalue weighted by Gasteiger charge is -2.32. The van der Waals surface area contributed by atoms with Crippen molar-refractivity contribution in [2.45, 2.75) is 71.9 Å². The van der Waals surface area contributed by atoms with Crippen LogP contribution in [0.15, 0.2) is 30.6 Å². The third kappa shape index (κ3) is 6.68. The Bertz CT molecular complexity index is 993. The van der Waals surface area contributed by atoms with Gasteiger partial charge in [-0.3, -0.25) is 9.78 Å². The second kappa shape index (κ2) is 10.8. The molecule has 0 unspecified atom stereocenters. The lowest BCUT2D eigenvalue weighted by molar-refractivity contribution is -0.119. The first-order valence-electron chi connectivity index (χ1n) is 11.8. The van der Waals surface area contributed by atoms with Crippen molar-refractivity contribution in [1.82, 2.24) is 15.3 Å². The number of pyridine rings is 2. The fraction of sp³-hybridized carbons (Fsp3) is 0.538. The second-order valence-corrected chi connectivity index (χ2v) is 10.0. The number of hydrogen-bond donors (Lipinski definition) is 2. The standard InChI is InChI=1S/C26H36N4O4/c1-16-7-9-18(10-8-16)22(30-25(32)34-26(3,4)5)24(31)29-21-12-11-19(15-28-21)20-13-14-27-17(2)23(20)33-6/h11-16,18,22H,7-10H2,1-6H3,(H,30,32)(H,28,29,31)/t16?,18?,22-/m0/s1. The van der Waals surface area contributed by atoms with Crippen LogP contribution in [0.3, 0.4) is 0 Å². The first-order chi connectivity index (χ1) is 16.1. The van der Waals surface area contributed by atoms with Gasteiger partial charge in [-0.15, -0.1) is 0 Å². The van der Waals surface area contributed by atoms with E-state index < -0.39 is 17.7 Å². The number of amides is 2. The quantitative estimate of drug-likeness (QED) is 0.610. The van der Waals surface area contributed by atoms with Crippen molar-refractivity contribution in [1.29, 1.82) is 0 Å². The Balaban J connectivity index is 1.75. The Morgan fingerprint density at radius 3 is 2.38 bits per heavy atom. The molecule has 184 valence electrons. The van der Waals surface area contributed by atoms with Crippen molar-refractivity contribution in [3.8, 4) is 16.9 Å². The van der Waals surface area contributed by atoms with Crippen molar-refractivity contribution >= 4 is 17.8 Å². The molecule has 8 nitrogen and oxygen atoms in total. The topological polar surface area (TPSA) is 102 Å². The van der Waals surface area contributed by atoms with Gasteiger partial charge < -0.3 is 20.1 Å². The van der Waals surface area contributed by atoms with E-state index in [4.69, 9.17) is 9.47 Å². The summed E-state index contributed by atoms with van der Waals surface area (Å²) in [6, 6.07) is 4.80. The highest BCUT2D eigenvalue weighted by molar-refractivity contribution is 5.96. The van der Waals surface area contributed by atoms with Crippen LogP contribution in [-0.2, 0) is 9.53 Å². The number of nitrogens with zero attached hydrogens (tertiary/aromatic N) is 2. The zero-order valence-electron chi connectivity index (χ0n) is 21.0. The molecule has 0 radical (unpaired) electrons. The molecule has 0 saturated heterocycles. The molecule has 0 spiro atoms. The predicted octanol–water partition coefficient (Wildman–Crippen LogP) is 5.12. The minimum atomic E-state index is -0.688. The number of rotatable bonds is 6. The van der Waals surface area contributed by atoms with Gasteiger partial charge in [0, 0.05) is 23.5 Å². The number of carbonyl (C=O) groups excluding carboxylic acids is 2. The number of carbonyl (C=O) groups is 2. The van der Waals surface area contributed by atoms with Gasteiger partial charge in [-0.25, -0.2) is 9.78 Å². The van der Waals surface area contributed by atoms with Crippen LogP contribution in [0, 0.1) is 18.8 Å². The Kier molecular flexibility index (Phi) is 8.12. The summed E-state index contributed by atoms with van der Waals surface area (Å²) in [6.07, 6.45) is 6.64. The van der Waals surface area contributed by atoms with E-state index in [-0.39, 0.29) is 11.8 Å². The average Bonchev–Trinajstić information content (AvgIpc) is 2.77. The lowest BCUT2D eigenvalue weighted by atomic mass is 9.79. The van der Waals surface area contributed by atoms with Crippen molar-refractivity contribution in [2.75, 3.05) is 12.4 Å². The molecule has 3 rings (SSSR count). The fourth-order valence-corrected chi connectivity index (χ4v) is 4.32. The van der Waals surface area contributed by atoms with Gasteiger partial charge in [-0.1, -0.05) is 19.8 Å². The first kappa shape index (κ1) is 25.5. The van der Waals surface area contributed by atoms with Gasteiger partial charge in [0.1, 0.15) is 23.2 Å².